The summed E-state index contributed by atoms with van der Waals surface area (Å²) in [5.74, 6) is 0. The number of anilines is 2. The minimum atomic E-state index is 0.877. The lowest BCUT2D eigenvalue weighted by molar-refractivity contribution is 0.0388. The van der Waals surface area contributed by atoms with Crippen LogP contribution in [0.3, 0.4) is 0 Å². The van der Waals surface area contributed by atoms with E-state index in [0.717, 1.165) is 85.5 Å². The third-order valence-electron chi connectivity index (χ3n) is 5.48. The third-order valence-corrected chi connectivity index (χ3v) is 5.48. The predicted octanol–water partition coefficient (Wildman–Crippen LogP) is 0.935. The molecule has 6 heteroatoms. The quantitative estimate of drug-likeness (QED) is 0.762. The molecular formula is C19H30N4O2. The number of ether oxygens (including phenoxy) is 2. The number of hydrogen-bond donors (Lipinski definition) is 0. The molecule has 0 radical (unpaired) electrons. The molecular weight excluding hydrogens is 316 g/mol. The molecule has 25 heavy (non-hydrogen) atoms. The van der Waals surface area contributed by atoms with Crippen LogP contribution in [0.25, 0.3) is 0 Å². The maximum absolute atomic E-state index is 5.46. The minimum absolute atomic E-state index is 0.877. The molecule has 1 aromatic rings. The maximum Gasteiger partial charge on any atom is 0.0905 e. The van der Waals surface area contributed by atoms with Gasteiger partial charge in [0.05, 0.1) is 44.5 Å². The Morgan fingerprint density at radius 3 is 1.52 bits per heavy atom. The van der Waals surface area contributed by atoms with Crippen LogP contribution in [-0.4, -0.2) is 95.3 Å². The summed E-state index contributed by atoms with van der Waals surface area (Å²) in [4.78, 5) is 10.1. The Morgan fingerprint density at radius 1 is 0.640 bits per heavy atom. The van der Waals surface area contributed by atoms with Crippen LogP contribution in [0.15, 0.2) is 24.3 Å². The van der Waals surface area contributed by atoms with E-state index in [9.17, 15) is 0 Å². The van der Waals surface area contributed by atoms with Gasteiger partial charge >= 0.3 is 0 Å². The zero-order valence-electron chi connectivity index (χ0n) is 15.1. The van der Waals surface area contributed by atoms with E-state index >= 15 is 0 Å². The molecule has 2 saturated heterocycles. The molecule has 4 rings (SSSR count). The van der Waals surface area contributed by atoms with Gasteiger partial charge in [0.15, 0.2) is 0 Å². The van der Waals surface area contributed by atoms with E-state index in [0.29, 0.717) is 0 Å². The average molecular weight is 346 g/mol. The second-order valence-electron chi connectivity index (χ2n) is 7.07. The predicted molar refractivity (Wildman–Crippen MR) is 101 cm³/mol. The van der Waals surface area contributed by atoms with Gasteiger partial charge in [0, 0.05) is 52.4 Å². The van der Waals surface area contributed by atoms with Gasteiger partial charge in [-0.15, -0.1) is 0 Å². The fraction of sp³-hybridized carbons (Fsp3) is 0.684. The monoisotopic (exact) mass is 346 g/mol. The molecule has 3 aliphatic heterocycles. The smallest absolute Gasteiger partial charge is 0.0905 e. The zero-order valence-corrected chi connectivity index (χ0v) is 15.1. The highest BCUT2D eigenvalue weighted by atomic mass is 16.5. The number of morpholine rings is 2. The summed E-state index contributed by atoms with van der Waals surface area (Å²) < 4.78 is 10.9. The standard InChI is InChI=1S/C19H30N4O2/c1-2-4-19-18(3-1)22(7-5-20-9-13-24-14-10-20)17-23(19)8-6-21-11-15-25-16-12-21/h1-4H,5-17H2. The van der Waals surface area contributed by atoms with Gasteiger partial charge in [-0.1, -0.05) is 12.1 Å². The fourth-order valence-electron chi connectivity index (χ4n) is 3.91. The number of nitrogens with zero attached hydrogens (tertiary/aromatic N) is 4. The molecule has 0 N–H and O–H groups in total. The lowest BCUT2D eigenvalue weighted by atomic mass is 10.2. The van der Waals surface area contributed by atoms with Crippen molar-refractivity contribution in [2.75, 3.05) is 95.3 Å². The Labute approximate surface area is 150 Å². The van der Waals surface area contributed by atoms with Gasteiger partial charge < -0.3 is 19.3 Å². The third kappa shape index (κ3) is 4.26. The molecule has 1 aromatic carbocycles. The first kappa shape index (κ1) is 17.1. The Bertz CT molecular complexity index is 497. The molecule has 138 valence electrons. The van der Waals surface area contributed by atoms with Crippen LogP contribution in [0.1, 0.15) is 0 Å². The molecule has 6 nitrogen and oxygen atoms in total. The van der Waals surface area contributed by atoms with Crippen LogP contribution < -0.4 is 9.80 Å². The number of fused-ring (bicyclic) bond motifs is 1. The van der Waals surface area contributed by atoms with E-state index < -0.39 is 0 Å². The zero-order chi connectivity index (χ0) is 16.9. The number of rotatable bonds is 6. The largest absolute Gasteiger partial charge is 0.379 e. The van der Waals surface area contributed by atoms with Crippen molar-refractivity contribution in [2.45, 2.75) is 0 Å². The maximum atomic E-state index is 5.46. The fourth-order valence-corrected chi connectivity index (χ4v) is 3.91. The van der Waals surface area contributed by atoms with Crippen LogP contribution in [-0.2, 0) is 9.47 Å². The SMILES string of the molecule is c1ccc2c(c1)N(CCN1CCOCC1)CN2CCN1CCOCC1. The molecule has 0 aromatic heterocycles. The van der Waals surface area contributed by atoms with Gasteiger partial charge in [0.2, 0.25) is 0 Å². The molecule has 2 fully saturated rings. The van der Waals surface area contributed by atoms with E-state index in [4.69, 9.17) is 9.47 Å². The van der Waals surface area contributed by atoms with Gasteiger partial charge in [-0.3, -0.25) is 9.80 Å². The van der Waals surface area contributed by atoms with Crippen molar-refractivity contribution in [3.63, 3.8) is 0 Å². The van der Waals surface area contributed by atoms with Crippen LogP contribution in [0, 0.1) is 0 Å². The summed E-state index contributed by atoms with van der Waals surface area (Å²) in [6, 6.07) is 8.85. The van der Waals surface area contributed by atoms with Crippen molar-refractivity contribution in [3.8, 4) is 0 Å². The van der Waals surface area contributed by atoms with Gasteiger partial charge in [-0.25, -0.2) is 0 Å². The van der Waals surface area contributed by atoms with E-state index in [-0.39, 0.29) is 0 Å². The number of benzene rings is 1. The molecule has 3 heterocycles. The molecule has 3 aliphatic rings. The van der Waals surface area contributed by atoms with Crippen molar-refractivity contribution >= 4 is 11.4 Å². The summed E-state index contributed by atoms with van der Waals surface area (Å²) in [6.07, 6.45) is 0. The summed E-state index contributed by atoms with van der Waals surface area (Å²) >= 11 is 0. The average Bonchev–Trinajstić information content (AvgIpc) is 3.04. The van der Waals surface area contributed by atoms with Crippen molar-refractivity contribution in [1.29, 1.82) is 0 Å². The Hall–Kier alpha value is -1.34. The topological polar surface area (TPSA) is 31.4 Å². The molecule has 0 saturated carbocycles. The lowest BCUT2D eigenvalue weighted by Crippen LogP contribution is -2.44. The van der Waals surface area contributed by atoms with Crippen LogP contribution >= 0.6 is 0 Å². The van der Waals surface area contributed by atoms with Crippen molar-refractivity contribution < 1.29 is 9.47 Å². The number of hydrogen-bond acceptors (Lipinski definition) is 6. The van der Waals surface area contributed by atoms with Gasteiger partial charge in [0.25, 0.3) is 0 Å². The highest BCUT2D eigenvalue weighted by Gasteiger charge is 2.26. The molecule has 0 bridgehead atoms. The first-order chi connectivity index (χ1) is 12.4. The highest BCUT2D eigenvalue weighted by Crippen LogP contribution is 2.35. The van der Waals surface area contributed by atoms with Crippen molar-refractivity contribution in [1.82, 2.24) is 9.80 Å². The van der Waals surface area contributed by atoms with Gasteiger partial charge in [-0.2, -0.15) is 0 Å². The molecule has 0 spiro atoms. The van der Waals surface area contributed by atoms with Crippen molar-refractivity contribution in [3.05, 3.63) is 24.3 Å². The summed E-state index contributed by atoms with van der Waals surface area (Å²) in [6.45, 7) is 13.2. The van der Waals surface area contributed by atoms with Crippen molar-refractivity contribution in [2.24, 2.45) is 0 Å². The lowest BCUT2D eigenvalue weighted by Gasteiger charge is -2.30. The number of para-hydroxylation sites is 2. The van der Waals surface area contributed by atoms with Crippen LogP contribution in [0.5, 0.6) is 0 Å². The van der Waals surface area contributed by atoms with Crippen LogP contribution in [0.2, 0.25) is 0 Å². The summed E-state index contributed by atoms with van der Waals surface area (Å²) in [5.41, 5.74) is 2.77. The molecule has 0 atom stereocenters. The molecule has 0 aliphatic carbocycles. The molecule has 0 amide bonds. The van der Waals surface area contributed by atoms with Crippen LogP contribution in [0.4, 0.5) is 11.4 Å². The van der Waals surface area contributed by atoms with E-state index in [1.807, 2.05) is 0 Å². The first-order valence-corrected chi connectivity index (χ1v) is 9.59. The minimum Gasteiger partial charge on any atom is -0.379 e. The summed E-state index contributed by atoms with van der Waals surface area (Å²) in [7, 11) is 0. The summed E-state index contributed by atoms with van der Waals surface area (Å²) in [5, 5.41) is 0. The first-order valence-electron chi connectivity index (χ1n) is 9.59. The van der Waals surface area contributed by atoms with Gasteiger partial charge in [-0.05, 0) is 12.1 Å². The van der Waals surface area contributed by atoms with E-state index in [2.05, 4.69) is 43.9 Å². The van der Waals surface area contributed by atoms with E-state index in [1.165, 1.54) is 11.4 Å². The van der Waals surface area contributed by atoms with Gasteiger partial charge in [0.1, 0.15) is 0 Å². The molecule has 0 unspecified atom stereocenters. The Balaban J connectivity index is 1.33. The highest BCUT2D eigenvalue weighted by molar-refractivity contribution is 5.76. The normalized spacial score (nSPS) is 22.4. The Morgan fingerprint density at radius 2 is 1.08 bits per heavy atom. The van der Waals surface area contributed by atoms with E-state index in [1.54, 1.807) is 0 Å². The Kier molecular flexibility index (Phi) is 5.72. The second-order valence-corrected chi connectivity index (χ2v) is 7.07. The second kappa shape index (κ2) is 8.36.